The summed E-state index contributed by atoms with van der Waals surface area (Å²) in [5, 5.41) is 12.8. The molecule has 0 aliphatic rings. The van der Waals surface area contributed by atoms with E-state index in [0.29, 0.717) is 17.8 Å². The predicted octanol–water partition coefficient (Wildman–Crippen LogP) is 3.48. The van der Waals surface area contributed by atoms with Crippen LogP contribution in [-0.4, -0.2) is 11.1 Å². The third-order valence-corrected chi connectivity index (χ3v) is 3.19. The minimum Gasteiger partial charge on any atom is -0.508 e. The summed E-state index contributed by atoms with van der Waals surface area (Å²) in [5.74, 6) is 0.319. The molecule has 0 spiro atoms. The highest BCUT2D eigenvalue weighted by molar-refractivity contribution is 5.27. The maximum atomic E-state index is 9.23. The molecule has 0 saturated heterocycles. The van der Waals surface area contributed by atoms with Gasteiger partial charge in [-0.25, -0.2) is 0 Å². The molecule has 1 aromatic carbocycles. The molecule has 1 aromatic rings. The summed E-state index contributed by atoms with van der Waals surface area (Å²) in [5.41, 5.74) is 1.46. The molecule has 2 heteroatoms. The van der Waals surface area contributed by atoms with E-state index in [-0.39, 0.29) is 5.41 Å². The van der Waals surface area contributed by atoms with Gasteiger partial charge in [0.2, 0.25) is 0 Å². The Morgan fingerprint density at radius 3 is 2.00 bits per heavy atom. The first-order valence-electron chi connectivity index (χ1n) is 5.85. The lowest BCUT2D eigenvalue weighted by molar-refractivity contribution is 0.268. The molecule has 16 heavy (non-hydrogen) atoms. The van der Waals surface area contributed by atoms with E-state index >= 15 is 0 Å². The molecule has 0 aromatic heterocycles. The molecule has 1 rings (SSSR count). The van der Waals surface area contributed by atoms with Gasteiger partial charge in [-0.15, -0.1) is 0 Å². The monoisotopic (exact) mass is 221 g/mol. The maximum Gasteiger partial charge on any atom is 0.115 e. The van der Waals surface area contributed by atoms with E-state index in [9.17, 15) is 5.11 Å². The zero-order chi connectivity index (χ0) is 12.3. The number of hydrogen-bond donors (Lipinski definition) is 2. The van der Waals surface area contributed by atoms with E-state index in [0.717, 1.165) is 0 Å². The number of hydrogen-bond acceptors (Lipinski definition) is 2. The first-order valence-corrected chi connectivity index (χ1v) is 5.85. The molecule has 90 valence electrons. The number of benzene rings is 1. The molecular formula is C14H23NO. The Morgan fingerprint density at radius 2 is 1.56 bits per heavy atom. The van der Waals surface area contributed by atoms with Crippen molar-refractivity contribution in [1.29, 1.82) is 0 Å². The zero-order valence-corrected chi connectivity index (χ0v) is 10.9. The van der Waals surface area contributed by atoms with Crippen molar-refractivity contribution in [1.82, 2.24) is 5.32 Å². The standard InChI is InChI=1S/C14H23NO/c1-10(15-11(2)14(3,4)5)12-6-8-13(16)9-7-12/h6-11,15-16H,1-5H3. The van der Waals surface area contributed by atoms with Gasteiger partial charge in [0.15, 0.2) is 0 Å². The number of aromatic hydroxyl groups is 1. The molecule has 2 unspecified atom stereocenters. The topological polar surface area (TPSA) is 32.3 Å². The van der Waals surface area contributed by atoms with Crippen molar-refractivity contribution in [3.63, 3.8) is 0 Å². The fourth-order valence-electron chi connectivity index (χ4n) is 1.48. The van der Waals surface area contributed by atoms with Crippen molar-refractivity contribution in [2.45, 2.75) is 46.7 Å². The molecule has 0 heterocycles. The van der Waals surface area contributed by atoms with Crippen LogP contribution >= 0.6 is 0 Å². The van der Waals surface area contributed by atoms with Crippen LogP contribution in [0.3, 0.4) is 0 Å². The molecule has 0 fully saturated rings. The molecule has 0 aliphatic carbocycles. The fourth-order valence-corrected chi connectivity index (χ4v) is 1.48. The van der Waals surface area contributed by atoms with E-state index in [1.165, 1.54) is 5.56 Å². The van der Waals surface area contributed by atoms with Crippen molar-refractivity contribution < 1.29 is 5.11 Å². The van der Waals surface area contributed by atoms with Crippen molar-refractivity contribution in [3.8, 4) is 5.75 Å². The number of phenolic OH excluding ortho intramolecular Hbond substituents is 1. The molecule has 2 atom stereocenters. The molecular weight excluding hydrogens is 198 g/mol. The SMILES string of the molecule is CC(NC(C)C(C)(C)C)c1ccc(O)cc1. The van der Waals surface area contributed by atoms with Crippen LogP contribution in [0.25, 0.3) is 0 Å². The van der Waals surface area contributed by atoms with E-state index in [4.69, 9.17) is 0 Å². The summed E-state index contributed by atoms with van der Waals surface area (Å²) in [6.07, 6.45) is 0. The van der Waals surface area contributed by atoms with Gasteiger partial charge in [-0.3, -0.25) is 0 Å². The second-order valence-electron chi connectivity index (χ2n) is 5.57. The summed E-state index contributed by atoms with van der Waals surface area (Å²) in [6.45, 7) is 11.0. The number of phenols is 1. The van der Waals surface area contributed by atoms with Crippen LogP contribution in [0.2, 0.25) is 0 Å². The van der Waals surface area contributed by atoms with Gasteiger partial charge in [-0.05, 0) is 37.0 Å². The van der Waals surface area contributed by atoms with E-state index in [1.807, 2.05) is 12.1 Å². The molecule has 0 radical (unpaired) electrons. The van der Waals surface area contributed by atoms with Gasteiger partial charge < -0.3 is 10.4 Å². The highest BCUT2D eigenvalue weighted by Gasteiger charge is 2.21. The van der Waals surface area contributed by atoms with Gasteiger partial charge in [-0.2, -0.15) is 0 Å². The first-order chi connectivity index (χ1) is 7.30. The lowest BCUT2D eigenvalue weighted by Gasteiger charge is -2.31. The van der Waals surface area contributed by atoms with Gasteiger partial charge in [0.25, 0.3) is 0 Å². The smallest absolute Gasteiger partial charge is 0.115 e. The van der Waals surface area contributed by atoms with E-state index in [1.54, 1.807) is 12.1 Å². The molecule has 2 N–H and O–H groups in total. The summed E-state index contributed by atoms with van der Waals surface area (Å²) < 4.78 is 0. The Balaban J connectivity index is 2.65. The Kier molecular flexibility index (Phi) is 3.98. The normalized spacial score (nSPS) is 15.8. The Hall–Kier alpha value is -1.02. The Morgan fingerprint density at radius 1 is 1.06 bits per heavy atom. The van der Waals surface area contributed by atoms with Crippen LogP contribution in [0.15, 0.2) is 24.3 Å². The van der Waals surface area contributed by atoms with Gasteiger partial charge in [-0.1, -0.05) is 32.9 Å². The van der Waals surface area contributed by atoms with Crippen LogP contribution in [0.5, 0.6) is 5.75 Å². The van der Waals surface area contributed by atoms with E-state index < -0.39 is 0 Å². The molecule has 0 aliphatic heterocycles. The molecule has 0 amide bonds. The maximum absolute atomic E-state index is 9.23. The second-order valence-corrected chi connectivity index (χ2v) is 5.57. The Labute approximate surface area is 98.7 Å². The molecule has 2 nitrogen and oxygen atoms in total. The van der Waals surface area contributed by atoms with Gasteiger partial charge in [0, 0.05) is 12.1 Å². The second kappa shape index (κ2) is 4.88. The number of nitrogens with one attached hydrogen (secondary N) is 1. The van der Waals surface area contributed by atoms with Crippen LogP contribution in [0.4, 0.5) is 0 Å². The lowest BCUT2D eigenvalue weighted by Crippen LogP contribution is -2.39. The number of rotatable bonds is 3. The van der Waals surface area contributed by atoms with Gasteiger partial charge >= 0.3 is 0 Å². The van der Waals surface area contributed by atoms with Gasteiger partial charge in [0.1, 0.15) is 5.75 Å². The fraction of sp³-hybridized carbons (Fsp3) is 0.571. The average Bonchev–Trinajstić information content (AvgIpc) is 2.17. The minimum absolute atomic E-state index is 0.255. The average molecular weight is 221 g/mol. The first kappa shape index (κ1) is 13.0. The molecule has 0 bridgehead atoms. The highest BCUT2D eigenvalue weighted by Crippen LogP contribution is 2.23. The van der Waals surface area contributed by atoms with Crippen molar-refractivity contribution in [2.24, 2.45) is 5.41 Å². The quantitative estimate of drug-likeness (QED) is 0.819. The van der Waals surface area contributed by atoms with E-state index in [2.05, 4.69) is 39.9 Å². The van der Waals surface area contributed by atoms with Crippen molar-refractivity contribution in [3.05, 3.63) is 29.8 Å². The summed E-state index contributed by atoms with van der Waals surface area (Å²) in [6, 6.07) is 8.13. The van der Waals surface area contributed by atoms with Crippen molar-refractivity contribution in [2.75, 3.05) is 0 Å². The van der Waals surface area contributed by atoms with Crippen LogP contribution in [0.1, 0.15) is 46.2 Å². The van der Waals surface area contributed by atoms with Crippen LogP contribution in [-0.2, 0) is 0 Å². The summed E-state index contributed by atoms with van der Waals surface area (Å²) in [4.78, 5) is 0. The van der Waals surface area contributed by atoms with Crippen molar-refractivity contribution >= 4 is 0 Å². The highest BCUT2D eigenvalue weighted by atomic mass is 16.3. The Bertz CT molecular complexity index is 324. The third-order valence-electron chi connectivity index (χ3n) is 3.19. The summed E-state index contributed by atoms with van der Waals surface area (Å²) in [7, 11) is 0. The third kappa shape index (κ3) is 3.53. The van der Waals surface area contributed by atoms with Crippen LogP contribution in [0, 0.1) is 5.41 Å². The van der Waals surface area contributed by atoms with Gasteiger partial charge in [0.05, 0.1) is 0 Å². The summed E-state index contributed by atoms with van der Waals surface area (Å²) >= 11 is 0. The minimum atomic E-state index is 0.255. The predicted molar refractivity (Wildman–Crippen MR) is 68.6 cm³/mol. The lowest BCUT2D eigenvalue weighted by atomic mass is 9.87. The van der Waals surface area contributed by atoms with Crippen LogP contribution < -0.4 is 5.32 Å². The zero-order valence-electron chi connectivity index (χ0n) is 10.9. The largest absolute Gasteiger partial charge is 0.508 e. The molecule has 0 saturated carbocycles.